The van der Waals surface area contributed by atoms with Crippen LogP contribution < -0.4 is 11.2 Å². The SMILES string of the molecule is CC(C)n1c(=O)n(C)c(=O)c2c(C(=O)N3C[C@](C)(O)CO3)c(Cn3ccnn3)sc21. The van der Waals surface area contributed by atoms with Crippen LogP contribution in [0.1, 0.15) is 42.0 Å². The molecule has 0 unspecified atom stereocenters. The molecule has 1 aliphatic heterocycles. The average Bonchev–Trinajstić information content (AvgIpc) is 3.38. The third-order valence-corrected chi connectivity index (χ3v) is 6.12. The fourth-order valence-corrected chi connectivity index (χ4v) is 4.87. The molecule has 1 atom stereocenters. The molecule has 1 N–H and O–H groups in total. The number of fused-ring (bicyclic) bond motifs is 1. The van der Waals surface area contributed by atoms with Gasteiger partial charge in [-0.2, -0.15) is 0 Å². The molecule has 1 fully saturated rings. The summed E-state index contributed by atoms with van der Waals surface area (Å²) in [5.41, 5.74) is -2.03. The van der Waals surface area contributed by atoms with E-state index in [-0.39, 0.29) is 36.7 Å². The maximum absolute atomic E-state index is 13.4. The highest BCUT2D eigenvalue weighted by Gasteiger charge is 2.38. The van der Waals surface area contributed by atoms with Crippen molar-refractivity contribution in [1.29, 1.82) is 0 Å². The van der Waals surface area contributed by atoms with E-state index >= 15 is 0 Å². The molecule has 0 spiro atoms. The molecule has 3 aromatic heterocycles. The molecule has 0 aliphatic carbocycles. The molecule has 0 radical (unpaired) electrons. The number of thiophene rings is 1. The van der Waals surface area contributed by atoms with E-state index in [4.69, 9.17) is 4.84 Å². The minimum Gasteiger partial charge on any atom is -0.386 e. The lowest BCUT2D eigenvalue weighted by Crippen LogP contribution is -2.39. The van der Waals surface area contributed by atoms with Gasteiger partial charge in [0.15, 0.2) is 0 Å². The van der Waals surface area contributed by atoms with E-state index in [1.807, 2.05) is 13.8 Å². The van der Waals surface area contributed by atoms with E-state index in [2.05, 4.69) is 10.3 Å². The van der Waals surface area contributed by atoms with E-state index in [9.17, 15) is 19.5 Å². The van der Waals surface area contributed by atoms with Crippen molar-refractivity contribution in [1.82, 2.24) is 29.2 Å². The Bertz CT molecular complexity index is 1240. The van der Waals surface area contributed by atoms with Crippen LogP contribution in [0.4, 0.5) is 0 Å². The highest BCUT2D eigenvalue weighted by atomic mass is 32.1. The molecule has 1 aliphatic rings. The lowest BCUT2D eigenvalue weighted by Gasteiger charge is -2.17. The average molecular weight is 434 g/mol. The topological polar surface area (TPSA) is 124 Å². The molecule has 3 aromatic rings. The number of β-amino-alcohol motifs (C(OH)–C–C–N with tert-alkyl or cyclic N) is 1. The van der Waals surface area contributed by atoms with Gasteiger partial charge in [-0.3, -0.25) is 23.6 Å². The number of rotatable bonds is 4. The van der Waals surface area contributed by atoms with Gasteiger partial charge in [-0.1, -0.05) is 5.21 Å². The Labute approximate surface area is 174 Å². The van der Waals surface area contributed by atoms with Gasteiger partial charge in [0.1, 0.15) is 17.0 Å². The van der Waals surface area contributed by atoms with Crippen LogP contribution in [0.15, 0.2) is 22.0 Å². The second kappa shape index (κ2) is 7.15. The summed E-state index contributed by atoms with van der Waals surface area (Å²) in [7, 11) is 1.39. The van der Waals surface area contributed by atoms with Crippen molar-refractivity contribution >= 4 is 27.5 Å². The van der Waals surface area contributed by atoms with Gasteiger partial charge in [-0.05, 0) is 20.8 Å². The molecular formula is C18H22N6O5S. The summed E-state index contributed by atoms with van der Waals surface area (Å²) >= 11 is 1.20. The van der Waals surface area contributed by atoms with Crippen LogP contribution in [0.25, 0.3) is 10.2 Å². The van der Waals surface area contributed by atoms with Crippen molar-refractivity contribution in [3.05, 3.63) is 43.7 Å². The smallest absolute Gasteiger partial charge is 0.332 e. The summed E-state index contributed by atoms with van der Waals surface area (Å²) in [6.07, 6.45) is 3.15. The monoisotopic (exact) mass is 434 g/mol. The molecule has 0 aromatic carbocycles. The number of aromatic nitrogens is 5. The van der Waals surface area contributed by atoms with Crippen LogP contribution in [0.3, 0.4) is 0 Å². The van der Waals surface area contributed by atoms with Crippen LogP contribution in [0, 0.1) is 0 Å². The molecular weight excluding hydrogens is 412 g/mol. The fraction of sp³-hybridized carbons (Fsp3) is 0.500. The number of hydroxylamine groups is 2. The Hall–Kier alpha value is -2.83. The van der Waals surface area contributed by atoms with Crippen LogP contribution in [-0.2, 0) is 18.4 Å². The van der Waals surface area contributed by atoms with Gasteiger partial charge < -0.3 is 5.11 Å². The van der Waals surface area contributed by atoms with Crippen LogP contribution in [0.2, 0.25) is 0 Å². The van der Waals surface area contributed by atoms with Crippen molar-refractivity contribution in [2.24, 2.45) is 7.05 Å². The Morgan fingerprint density at radius 3 is 2.70 bits per heavy atom. The summed E-state index contributed by atoms with van der Waals surface area (Å²) in [6.45, 7) is 5.37. The standard InChI is InChI=1S/C18H22N6O5S/c1-10(2)24-16-13(14(25)21(4)17(24)27)12(11(30-16)7-22-6-5-19-20-22)15(26)23-8-18(3,28)9-29-23/h5-6,10,28H,7-9H2,1-4H3/t18-/m0/s1. The molecule has 12 heteroatoms. The summed E-state index contributed by atoms with van der Waals surface area (Å²) < 4.78 is 4.04. The molecule has 30 heavy (non-hydrogen) atoms. The molecule has 160 valence electrons. The number of carbonyl (C=O) groups excluding carboxylic acids is 1. The first-order chi connectivity index (χ1) is 14.1. The van der Waals surface area contributed by atoms with Crippen LogP contribution >= 0.6 is 11.3 Å². The minimum atomic E-state index is -1.18. The number of carbonyl (C=O) groups is 1. The highest BCUT2D eigenvalue weighted by molar-refractivity contribution is 7.19. The number of nitrogens with zero attached hydrogens (tertiary/aromatic N) is 6. The molecule has 1 saturated heterocycles. The summed E-state index contributed by atoms with van der Waals surface area (Å²) in [4.78, 5) is 45.6. The zero-order valence-corrected chi connectivity index (χ0v) is 17.8. The Morgan fingerprint density at radius 2 is 2.13 bits per heavy atom. The summed E-state index contributed by atoms with van der Waals surface area (Å²) in [5, 5.41) is 19.1. The van der Waals surface area contributed by atoms with Crippen LogP contribution in [-0.4, -0.2) is 59.0 Å². The van der Waals surface area contributed by atoms with Crippen molar-refractivity contribution in [2.45, 2.75) is 39.0 Å². The molecule has 4 rings (SSSR count). The van der Waals surface area contributed by atoms with E-state index in [1.54, 1.807) is 13.1 Å². The van der Waals surface area contributed by atoms with E-state index in [1.165, 1.54) is 33.8 Å². The van der Waals surface area contributed by atoms with Gasteiger partial charge in [0.25, 0.3) is 11.5 Å². The molecule has 4 heterocycles. The van der Waals surface area contributed by atoms with Gasteiger partial charge in [0, 0.05) is 24.2 Å². The first-order valence-corrected chi connectivity index (χ1v) is 10.2. The van der Waals surface area contributed by atoms with Crippen molar-refractivity contribution in [3.8, 4) is 0 Å². The number of hydrogen-bond donors (Lipinski definition) is 1. The number of amides is 1. The molecule has 0 saturated carbocycles. The zero-order valence-electron chi connectivity index (χ0n) is 17.0. The first kappa shape index (κ1) is 20.4. The van der Waals surface area contributed by atoms with E-state index < -0.39 is 22.8 Å². The minimum absolute atomic E-state index is 0.0317. The van der Waals surface area contributed by atoms with Gasteiger partial charge in [-0.15, -0.1) is 16.4 Å². The van der Waals surface area contributed by atoms with Crippen molar-refractivity contribution in [3.63, 3.8) is 0 Å². The fourth-order valence-electron chi connectivity index (χ4n) is 3.47. The van der Waals surface area contributed by atoms with Gasteiger partial charge >= 0.3 is 5.69 Å². The maximum atomic E-state index is 13.4. The van der Waals surface area contributed by atoms with Gasteiger partial charge in [0.05, 0.1) is 30.2 Å². The highest BCUT2D eigenvalue weighted by Crippen LogP contribution is 2.33. The Morgan fingerprint density at radius 1 is 1.40 bits per heavy atom. The normalized spacial score (nSPS) is 19.3. The lowest BCUT2D eigenvalue weighted by atomic mass is 10.1. The third-order valence-electron chi connectivity index (χ3n) is 4.94. The number of hydrogen-bond acceptors (Lipinski definition) is 8. The third kappa shape index (κ3) is 3.26. The zero-order chi connectivity index (χ0) is 21.8. The maximum Gasteiger partial charge on any atom is 0.332 e. The Kier molecular flexibility index (Phi) is 4.87. The van der Waals surface area contributed by atoms with Gasteiger partial charge in [0.2, 0.25) is 0 Å². The number of aliphatic hydroxyl groups is 1. The molecule has 11 nitrogen and oxygen atoms in total. The van der Waals surface area contributed by atoms with Crippen molar-refractivity contribution < 1.29 is 14.7 Å². The van der Waals surface area contributed by atoms with E-state index in [0.29, 0.717) is 9.71 Å². The molecule has 0 bridgehead atoms. The van der Waals surface area contributed by atoms with Gasteiger partial charge in [-0.25, -0.2) is 14.5 Å². The van der Waals surface area contributed by atoms with Crippen molar-refractivity contribution in [2.75, 3.05) is 13.2 Å². The largest absolute Gasteiger partial charge is 0.386 e. The summed E-state index contributed by atoms with van der Waals surface area (Å²) in [5.74, 6) is -0.541. The quantitative estimate of drug-likeness (QED) is 0.618. The van der Waals surface area contributed by atoms with E-state index in [0.717, 1.165) is 9.63 Å². The first-order valence-electron chi connectivity index (χ1n) is 9.39. The Balaban J connectivity index is 1.99. The van der Waals surface area contributed by atoms with Crippen LogP contribution in [0.5, 0.6) is 0 Å². The summed E-state index contributed by atoms with van der Waals surface area (Å²) in [6, 6.07) is -0.226. The molecule has 1 amide bonds. The predicted molar refractivity (Wildman–Crippen MR) is 108 cm³/mol. The second-order valence-electron chi connectivity index (χ2n) is 7.90. The predicted octanol–water partition coefficient (Wildman–Crippen LogP) is 0.121. The second-order valence-corrected chi connectivity index (χ2v) is 8.99. The lowest BCUT2D eigenvalue weighted by molar-refractivity contribution is -0.0796.